The first kappa shape index (κ1) is 12.5. The minimum atomic E-state index is -0.192. The Labute approximate surface area is 92.8 Å². The van der Waals surface area contributed by atoms with Crippen LogP contribution in [0.25, 0.3) is 0 Å². The molecule has 2 atom stereocenters. The standard InChI is InChI=1S/C12H24N2O/c1-10-4-2-5-11(8-10)9-14-7-3-6-12(13)15/h10-11,14H,2-9H2,1H3,(H2,13,15). The maximum Gasteiger partial charge on any atom is 0.217 e. The number of hydrogen-bond acceptors (Lipinski definition) is 2. The Balaban J connectivity index is 1.97. The summed E-state index contributed by atoms with van der Waals surface area (Å²) >= 11 is 0. The minimum absolute atomic E-state index is 0.192. The van der Waals surface area contributed by atoms with E-state index >= 15 is 0 Å². The molecule has 1 aliphatic carbocycles. The van der Waals surface area contributed by atoms with E-state index in [-0.39, 0.29) is 5.91 Å². The van der Waals surface area contributed by atoms with Crippen molar-refractivity contribution in [3.63, 3.8) is 0 Å². The third-order valence-electron chi connectivity index (χ3n) is 3.25. The van der Waals surface area contributed by atoms with Crippen molar-refractivity contribution >= 4 is 5.91 Å². The van der Waals surface area contributed by atoms with Gasteiger partial charge in [-0.15, -0.1) is 0 Å². The molecule has 15 heavy (non-hydrogen) atoms. The largest absolute Gasteiger partial charge is 0.370 e. The van der Waals surface area contributed by atoms with E-state index in [1.807, 2.05) is 0 Å². The van der Waals surface area contributed by atoms with Crippen LogP contribution in [0.5, 0.6) is 0 Å². The molecule has 3 N–H and O–H groups in total. The first-order chi connectivity index (χ1) is 7.18. The van der Waals surface area contributed by atoms with Gasteiger partial charge in [0.2, 0.25) is 5.91 Å². The Morgan fingerprint density at radius 2 is 2.27 bits per heavy atom. The first-order valence-corrected chi connectivity index (χ1v) is 6.17. The molecular weight excluding hydrogens is 188 g/mol. The number of nitrogens with one attached hydrogen (secondary N) is 1. The molecule has 1 amide bonds. The highest BCUT2D eigenvalue weighted by Crippen LogP contribution is 2.27. The van der Waals surface area contributed by atoms with E-state index in [0.717, 1.165) is 31.3 Å². The highest BCUT2D eigenvalue weighted by Gasteiger charge is 2.17. The summed E-state index contributed by atoms with van der Waals surface area (Å²) in [5.41, 5.74) is 5.07. The van der Waals surface area contributed by atoms with Gasteiger partial charge in [-0.1, -0.05) is 19.8 Å². The summed E-state index contributed by atoms with van der Waals surface area (Å²) in [5, 5.41) is 3.42. The summed E-state index contributed by atoms with van der Waals surface area (Å²) in [7, 11) is 0. The van der Waals surface area contributed by atoms with E-state index in [0.29, 0.717) is 6.42 Å². The van der Waals surface area contributed by atoms with E-state index in [9.17, 15) is 4.79 Å². The van der Waals surface area contributed by atoms with Crippen molar-refractivity contribution < 1.29 is 4.79 Å². The Bertz CT molecular complexity index is 194. The number of carbonyl (C=O) groups is 1. The molecule has 0 bridgehead atoms. The van der Waals surface area contributed by atoms with Gasteiger partial charge >= 0.3 is 0 Å². The lowest BCUT2D eigenvalue weighted by atomic mass is 9.82. The summed E-state index contributed by atoms with van der Waals surface area (Å²) in [5.74, 6) is 1.56. The number of hydrogen-bond donors (Lipinski definition) is 2. The molecule has 1 aliphatic rings. The van der Waals surface area contributed by atoms with Crippen molar-refractivity contribution in [3.05, 3.63) is 0 Å². The fourth-order valence-corrected chi connectivity index (χ4v) is 2.44. The van der Waals surface area contributed by atoms with E-state index in [2.05, 4.69) is 12.2 Å². The van der Waals surface area contributed by atoms with Crippen molar-refractivity contribution in [2.45, 2.75) is 45.4 Å². The summed E-state index contributed by atoms with van der Waals surface area (Å²) in [6.07, 6.45) is 6.90. The highest BCUT2D eigenvalue weighted by atomic mass is 16.1. The van der Waals surface area contributed by atoms with Gasteiger partial charge in [0.25, 0.3) is 0 Å². The van der Waals surface area contributed by atoms with Crippen LogP contribution in [0, 0.1) is 11.8 Å². The summed E-state index contributed by atoms with van der Waals surface area (Å²) in [4.78, 5) is 10.5. The van der Waals surface area contributed by atoms with E-state index in [1.165, 1.54) is 25.7 Å². The fourth-order valence-electron chi connectivity index (χ4n) is 2.44. The zero-order chi connectivity index (χ0) is 11.1. The molecule has 0 saturated heterocycles. The second kappa shape index (κ2) is 6.83. The molecule has 1 rings (SSSR count). The van der Waals surface area contributed by atoms with Crippen LogP contribution in [0.4, 0.5) is 0 Å². The van der Waals surface area contributed by atoms with Crippen molar-refractivity contribution in [1.29, 1.82) is 0 Å². The van der Waals surface area contributed by atoms with Crippen molar-refractivity contribution in [3.8, 4) is 0 Å². The monoisotopic (exact) mass is 212 g/mol. The quantitative estimate of drug-likeness (QED) is 0.658. The number of nitrogens with two attached hydrogens (primary N) is 1. The van der Waals surface area contributed by atoms with Gasteiger partial charge in [0.1, 0.15) is 0 Å². The third-order valence-corrected chi connectivity index (χ3v) is 3.25. The molecular formula is C12H24N2O. The van der Waals surface area contributed by atoms with Crippen molar-refractivity contribution in [2.75, 3.05) is 13.1 Å². The SMILES string of the molecule is CC1CCCC(CNCCCC(N)=O)C1. The van der Waals surface area contributed by atoms with Crippen LogP contribution in [0.1, 0.15) is 45.4 Å². The molecule has 0 aromatic heterocycles. The molecule has 0 heterocycles. The molecule has 0 spiro atoms. The van der Waals surface area contributed by atoms with Crippen LogP contribution >= 0.6 is 0 Å². The van der Waals surface area contributed by atoms with Gasteiger partial charge in [-0.2, -0.15) is 0 Å². The van der Waals surface area contributed by atoms with E-state index in [1.54, 1.807) is 0 Å². The van der Waals surface area contributed by atoms with Gasteiger partial charge in [0.05, 0.1) is 0 Å². The Kier molecular flexibility index (Phi) is 5.69. The Morgan fingerprint density at radius 1 is 1.47 bits per heavy atom. The lowest BCUT2D eigenvalue weighted by molar-refractivity contribution is -0.118. The maximum absolute atomic E-state index is 10.5. The number of amides is 1. The van der Waals surface area contributed by atoms with Gasteiger partial charge in [-0.05, 0) is 44.2 Å². The molecule has 0 aromatic carbocycles. The second-order valence-corrected chi connectivity index (χ2v) is 4.91. The lowest BCUT2D eigenvalue weighted by Crippen LogP contribution is -2.27. The molecule has 3 heteroatoms. The highest BCUT2D eigenvalue weighted by molar-refractivity contribution is 5.73. The fraction of sp³-hybridized carbons (Fsp3) is 0.917. The van der Waals surface area contributed by atoms with Crippen LogP contribution in [0.3, 0.4) is 0 Å². The van der Waals surface area contributed by atoms with Gasteiger partial charge < -0.3 is 11.1 Å². The maximum atomic E-state index is 10.5. The number of carbonyl (C=O) groups excluding carboxylic acids is 1. The van der Waals surface area contributed by atoms with Crippen LogP contribution < -0.4 is 11.1 Å². The number of primary amides is 1. The predicted octanol–water partition coefficient (Wildman–Crippen LogP) is 1.67. The summed E-state index contributed by atoms with van der Waals surface area (Å²) in [6, 6.07) is 0. The van der Waals surface area contributed by atoms with Crippen LogP contribution in [0.15, 0.2) is 0 Å². The van der Waals surface area contributed by atoms with Gasteiger partial charge in [0.15, 0.2) is 0 Å². The smallest absolute Gasteiger partial charge is 0.217 e. The second-order valence-electron chi connectivity index (χ2n) is 4.91. The normalized spacial score (nSPS) is 26.5. The molecule has 0 aliphatic heterocycles. The van der Waals surface area contributed by atoms with E-state index < -0.39 is 0 Å². The molecule has 88 valence electrons. The average molecular weight is 212 g/mol. The zero-order valence-electron chi connectivity index (χ0n) is 9.80. The van der Waals surface area contributed by atoms with Crippen LogP contribution in [0.2, 0.25) is 0 Å². The van der Waals surface area contributed by atoms with Crippen molar-refractivity contribution in [2.24, 2.45) is 17.6 Å². The van der Waals surface area contributed by atoms with E-state index in [4.69, 9.17) is 5.73 Å². The first-order valence-electron chi connectivity index (χ1n) is 6.17. The number of rotatable bonds is 6. The van der Waals surface area contributed by atoms with Crippen LogP contribution in [-0.4, -0.2) is 19.0 Å². The molecule has 2 unspecified atom stereocenters. The average Bonchev–Trinajstić information content (AvgIpc) is 2.17. The van der Waals surface area contributed by atoms with Gasteiger partial charge in [-0.25, -0.2) is 0 Å². The summed E-state index contributed by atoms with van der Waals surface area (Å²) in [6.45, 7) is 4.39. The Morgan fingerprint density at radius 3 is 2.93 bits per heavy atom. The molecule has 0 radical (unpaired) electrons. The molecule has 0 aromatic rings. The molecule has 1 fully saturated rings. The molecule has 3 nitrogen and oxygen atoms in total. The molecule has 1 saturated carbocycles. The Hall–Kier alpha value is -0.570. The van der Waals surface area contributed by atoms with Crippen LogP contribution in [-0.2, 0) is 4.79 Å². The topological polar surface area (TPSA) is 55.1 Å². The van der Waals surface area contributed by atoms with Crippen molar-refractivity contribution in [1.82, 2.24) is 5.32 Å². The van der Waals surface area contributed by atoms with Gasteiger partial charge in [-0.3, -0.25) is 4.79 Å². The lowest BCUT2D eigenvalue weighted by Gasteiger charge is -2.26. The predicted molar refractivity (Wildman–Crippen MR) is 62.4 cm³/mol. The summed E-state index contributed by atoms with van der Waals surface area (Å²) < 4.78 is 0. The zero-order valence-corrected chi connectivity index (χ0v) is 9.80. The minimum Gasteiger partial charge on any atom is -0.370 e. The van der Waals surface area contributed by atoms with Gasteiger partial charge in [0, 0.05) is 6.42 Å². The third kappa shape index (κ3) is 5.78.